The average Bonchev–Trinajstić information content (AvgIpc) is 2.48. The van der Waals surface area contributed by atoms with Crippen LogP contribution in [0, 0.1) is 0 Å². The normalized spacial score (nSPS) is 15.7. The summed E-state index contributed by atoms with van der Waals surface area (Å²) in [6.07, 6.45) is 10.9. The first-order valence-corrected chi connectivity index (χ1v) is 8.48. The van der Waals surface area contributed by atoms with Crippen LogP contribution in [0.4, 0.5) is 0 Å². The van der Waals surface area contributed by atoms with Gasteiger partial charge < -0.3 is 16.4 Å². The Labute approximate surface area is 128 Å². The van der Waals surface area contributed by atoms with Crippen molar-refractivity contribution in [3.63, 3.8) is 0 Å². The average molecular weight is 297 g/mol. The molecule has 0 unspecified atom stereocenters. The Kier molecular flexibility index (Phi) is 9.87. The van der Waals surface area contributed by atoms with E-state index in [4.69, 9.17) is 5.73 Å². The number of unbranched alkanes of at least 4 members (excludes halogenated alkanes) is 3. The maximum atomic E-state index is 11.8. The van der Waals surface area contributed by atoms with Crippen molar-refractivity contribution < 1.29 is 9.59 Å². The number of nitrogens with one attached hydrogen (secondary N) is 2. The minimum absolute atomic E-state index is 0.0493. The molecule has 0 aromatic rings. The lowest BCUT2D eigenvalue weighted by Gasteiger charge is -2.22. The zero-order valence-electron chi connectivity index (χ0n) is 13.2. The van der Waals surface area contributed by atoms with E-state index in [0.29, 0.717) is 25.4 Å². The van der Waals surface area contributed by atoms with E-state index < -0.39 is 0 Å². The number of carbonyl (C=O) groups is 2. The molecule has 0 aromatic heterocycles. The second-order valence-electron chi connectivity index (χ2n) is 5.96. The van der Waals surface area contributed by atoms with Crippen molar-refractivity contribution in [2.45, 2.75) is 76.7 Å². The quantitative estimate of drug-likeness (QED) is 0.538. The maximum Gasteiger partial charge on any atom is 0.221 e. The third-order valence-electron chi connectivity index (χ3n) is 4.00. The molecule has 0 radical (unpaired) electrons. The van der Waals surface area contributed by atoms with Gasteiger partial charge in [0.1, 0.15) is 0 Å². The van der Waals surface area contributed by atoms with Crippen LogP contribution in [0.1, 0.15) is 70.6 Å². The van der Waals surface area contributed by atoms with Crippen molar-refractivity contribution in [1.29, 1.82) is 0 Å². The maximum absolute atomic E-state index is 11.8. The Morgan fingerprint density at radius 3 is 2.33 bits per heavy atom. The monoisotopic (exact) mass is 297 g/mol. The Hall–Kier alpha value is -1.10. The highest BCUT2D eigenvalue weighted by molar-refractivity contribution is 5.79. The van der Waals surface area contributed by atoms with Crippen molar-refractivity contribution >= 4 is 11.8 Å². The first-order valence-electron chi connectivity index (χ1n) is 8.48. The molecule has 0 bridgehead atoms. The van der Waals surface area contributed by atoms with Crippen molar-refractivity contribution in [1.82, 2.24) is 10.6 Å². The second kappa shape index (κ2) is 11.5. The minimum Gasteiger partial charge on any atom is -0.356 e. The zero-order chi connectivity index (χ0) is 15.3. The lowest BCUT2D eigenvalue weighted by Crippen LogP contribution is -2.38. The molecule has 21 heavy (non-hydrogen) atoms. The van der Waals surface area contributed by atoms with Crippen LogP contribution in [0.15, 0.2) is 0 Å². The number of nitrogens with two attached hydrogens (primary N) is 1. The Morgan fingerprint density at radius 2 is 1.62 bits per heavy atom. The van der Waals surface area contributed by atoms with E-state index in [9.17, 15) is 9.59 Å². The molecule has 5 heteroatoms. The topological polar surface area (TPSA) is 84.2 Å². The summed E-state index contributed by atoms with van der Waals surface area (Å²) in [6, 6.07) is 0.351. The van der Waals surface area contributed by atoms with Crippen LogP contribution in [0.2, 0.25) is 0 Å². The summed E-state index contributed by atoms with van der Waals surface area (Å²) in [5.74, 6) is 0.110. The van der Waals surface area contributed by atoms with Gasteiger partial charge in [0.2, 0.25) is 11.8 Å². The van der Waals surface area contributed by atoms with Crippen LogP contribution in [-0.2, 0) is 9.59 Å². The zero-order valence-corrected chi connectivity index (χ0v) is 13.2. The number of amides is 2. The van der Waals surface area contributed by atoms with Gasteiger partial charge in [-0.1, -0.05) is 32.1 Å². The van der Waals surface area contributed by atoms with Crippen molar-refractivity contribution in [3.05, 3.63) is 0 Å². The van der Waals surface area contributed by atoms with Crippen molar-refractivity contribution in [3.8, 4) is 0 Å². The van der Waals surface area contributed by atoms with E-state index >= 15 is 0 Å². The molecule has 0 atom stereocenters. The highest BCUT2D eigenvalue weighted by Gasteiger charge is 2.15. The molecule has 1 fully saturated rings. The first-order chi connectivity index (χ1) is 10.2. The summed E-state index contributed by atoms with van der Waals surface area (Å²) in [7, 11) is 0. The van der Waals surface area contributed by atoms with Crippen LogP contribution < -0.4 is 16.4 Å². The minimum atomic E-state index is 0.0493. The third kappa shape index (κ3) is 9.45. The standard InChI is InChI=1S/C16H31N3O2/c17-12-7-2-1-6-10-15(20)18-13-11-16(21)19-14-8-4-3-5-9-14/h14H,1-13,17H2,(H,18,20)(H,19,21). The number of hydrogen-bond donors (Lipinski definition) is 3. The molecule has 0 saturated heterocycles. The molecule has 0 aliphatic heterocycles. The van der Waals surface area contributed by atoms with Crippen molar-refractivity contribution in [2.24, 2.45) is 5.73 Å². The smallest absolute Gasteiger partial charge is 0.221 e. The van der Waals surface area contributed by atoms with Gasteiger partial charge in [-0.3, -0.25) is 9.59 Å². The summed E-state index contributed by atoms with van der Waals surface area (Å²) in [6.45, 7) is 1.17. The number of carbonyl (C=O) groups excluding carboxylic acids is 2. The fraction of sp³-hybridized carbons (Fsp3) is 0.875. The summed E-state index contributed by atoms with van der Waals surface area (Å²) in [5.41, 5.74) is 5.41. The highest BCUT2D eigenvalue weighted by atomic mass is 16.2. The lowest BCUT2D eigenvalue weighted by molar-refractivity contribution is -0.122. The first kappa shape index (κ1) is 18.0. The van der Waals surface area contributed by atoms with Crippen LogP contribution in [0.5, 0.6) is 0 Å². The highest BCUT2D eigenvalue weighted by Crippen LogP contribution is 2.17. The molecule has 4 N–H and O–H groups in total. The molecule has 1 aliphatic rings. The molecule has 122 valence electrons. The van der Waals surface area contributed by atoms with Gasteiger partial charge in [-0.25, -0.2) is 0 Å². The SMILES string of the molecule is NCCCCCCC(=O)NCCC(=O)NC1CCCCC1. The van der Waals surface area contributed by atoms with E-state index in [0.717, 1.165) is 45.1 Å². The van der Waals surface area contributed by atoms with Crippen LogP contribution in [0.25, 0.3) is 0 Å². The Morgan fingerprint density at radius 1 is 0.905 bits per heavy atom. The molecule has 2 amide bonds. The largest absolute Gasteiger partial charge is 0.356 e. The van der Waals surface area contributed by atoms with Gasteiger partial charge in [0.15, 0.2) is 0 Å². The van der Waals surface area contributed by atoms with Gasteiger partial charge in [0.25, 0.3) is 0 Å². The van der Waals surface area contributed by atoms with E-state index in [1.807, 2.05) is 0 Å². The second-order valence-corrected chi connectivity index (χ2v) is 5.96. The molecule has 0 spiro atoms. The fourth-order valence-electron chi connectivity index (χ4n) is 2.73. The molecule has 1 rings (SSSR count). The molecular formula is C16H31N3O2. The van der Waals surface area contributed by atoms with E-state index in [1.165, 1.54) is 19.3 Å². The molecule has 1 aliphatic carbocycles. The lowest BCUT2D eigenvalue weighted by atomic mass is 9.95. The van der Waals surface area contributed by atoms with E-state index in [1.54, 1.807) is 0 Å². The molecule has 1 saturated carbocycles. The van der Waals surface area contributed by atoms with Crippen LogP contribution >= 0.6 is 0 Å². The predicted molar refractivity (Wildman–Crippen MR) is 84.8 cm³/mol. The van der Waals surface area contributed by atoms with E-state index in [-0.39, 0.29) is 11.8 Å². The van der Waals surface area contributed by atoms with Gasteiger partial charge in [0.05, 0.1) is 0 Å². The Bertz CT molecular complexity index is 302. The summed E-state index contributed by atoms with van der Waals surface area (Å²) < 4.78 is 0. The summed E-state index contributed by atoms with van der Waals surface area (Å²) in [4.78, 5) is 23.3. The van der Waals surface area contributed by atoms with Gasteiger partial charge in [-0.2, -0.15) is 0 Å². The van der Waals surface area contributed by atoms with E-state index in [2.05, 4.69) is 10.6 Å². The third-order valence-corrected chi connectivity index (χ3v) is 4.00. The summed E-state index contributed by atoms with van der Waals surface area (Å²) >= 11 is 0. The van der Waals surface area contributed by atoms with Gasteiger partial charge in [-0.05, 0) is 32.2 Å². The molecule has 0 aromatic carbocycles. The Balaban J connectivity index is 1.96. The molecule has 0 heterocycles. The molecular weight excluding hydrogens is 266 g/mol. The summed E-state index contributed by atoms with van der Waals surface area (Å²) in [5, 5.41) is 5.87. The fourth-order valence-corrected chi connectivity index (χ4v) is 2.73. The van der Waals surface area contributed by atoms with Crippen LogP contribution in [-0.4, -0.2) is 30.9 Å². The predicted octanol–water partition coefficient (Wildman–Crippen LogP) is 1.85. The number of hydrogen-bond acceptors (Lipinski definition) is 3. The van der Waals surface area contributed by atoms with Crippen LogP contribution in [0.3, 0.4) is 0 Å². The van der Waals surface area contributed by atoms with Gasteiger partial charge in [0, 0.05) is 25.4 Å². The molecule has 5 nitrogen and oxygen atoms in total. The van der Waals surface area contributed by atoms with Gasteiger partial charge >= 0.3 is 0 Å². The number of rotatable bonds is 10. The van der Waals surface area contributed by atoms with Crippen molar-refractivity contribution in [2.75, 3.05) is 13.1 Å². The van der Waals surface area contributed by atoms with Gasteiger partial charge in [-0.15, -0.1) is 0 Å².